The van der Waals surface area contributed by atoms with Crippen LogP contribution in [0.4, 0.5) is 10.5 Å². The molecule has 0 aliphatic rings. The van der Waals surface area contributed by atoms with Crippen molar-refractivity contribution in [2.75, 3.05) is 32.5 Å². The van der Waals surface area contributed by atoms with Crippen molar-refractivity contribution in [1.82, 2.24) is 20.5 Å². The first-order valence-electron chi connectivity index (χ1n) is 10.4. The molecule has 3 N–H and O–H groups in total. The fourth-order valence-corrected chi connectivity index (χ4v) is 3.00. The molecular formula is C24H29N5O3. The number of amides is 3. The third-order valence-corrected chi connectivity index (χ3v) is 4.88. The van der Waals surface area contributed by atoms with Gasteiger partial charge in [0.2, 0.25) is 5.89 Å². The number of nitrogens with zero attached hydrogens (tertiary/aromatic N) is 2. The van der Waals surface area contributed by atoms with Crippen LogP contribution in [0, 0.1) is 13.8 Å². The van der Waals surface area contributed by atoms with Crippen molar-refractivity contribution >= 4 is 17.6 Å². The lowest BCUT2D eigenvalue weighted by molar-refractivity contribution is 0.0951. The third-order valence-electron chi connectivity index (χ3n) is 4.88. The zero-order chi connectivity index (χ0) is 23.1. The second-order valence-electron chi connectivity index (χ2n) is 7.81. The van der Waals surface area contributed by atoms with E-state index < -0.39 is 0 Å². The van der Waals surface area contributed by atoms with Crippen LogP contribution in [0.25, 0.3) is 11.5 Å². The van der Waals surface area contributed by atoms with E-state index in [0.717, 1.165) is 29.1 Å². The van der Waals surface area contributed by atoms with Gasteiger partial charge in [0.15, 0.2) is 0 Å². The van der Waals surface area contributed by atoms with Gasteiger partial charge in [0, 0.05) is 36.4 Å². The maximum Gasteiger partial charge on any atom is 0.319 e. The molecule has 1 aromatic heterocycles. The fourth-order valence-electron chi connectivity index (χ4n) is 3.00. The van der Waals surface area contributed by atoms with Crippen LogP contribution in [0.2, 0.25) is 0 Å². The number of benzene rings is 2. The van der Waals surface area contributed by atoms with Gasteiger partial charge in [-0.1, -0.05) is 18.2 Å². The molecule has 0 radical (unpaired) electrons. The third kappa shape index (κ3) is 6.42. The Labute approximate surface area is 188 Å². The molecular weight excluding hydrogens is 406 g/mol. The Hall–Kier alpha value is -3.65. The van der Waals surface area contributed by atoms with E-state index in [1.807, 2.05) is 57.1 Å². The molecule has 0 saturated heterocycles. The van der Waals surface area contributed by atoms with Crippen LogP contribution >= 0.6 is 0 Å². The normalized spacial score (nSPS) is 10.8. The number of carbonyl (C=O) groups is 2. The van der Waals surface area contributed by atoms with Gasteiger partial charge in [-0.05, 0) is 63.8 Å². The van der Waals surface area contributed by atoms with Crippen molar-refractivity contribution in [3.63, 3.8) is 0 Å². The van der Waals surface area contributed by atoms with Crippen LogP contribution in [-0.4, -0.2) is 49.0 Å². The zero-order valence-electron chi connectivity index (χ0n) is 18.9. The topological polar surface area (TPSA) is 99.5 Å². The predicted molar refractivity (Wildman–Crippen MR) is 125 cm³/mol. The van der Waals surface area contributed by atoms with E-state index in [2.05, 4.69) is 20.9 Å². The molecule has 0 atom stereocenters. The highest BCUT2D eigenvalue weighted by Gasteiger charge is 2.10. The quantitative estimate of drug-likeness (QED) is 0.502. The van der Waals surface area contributed by atoms with Crippen LogP contribution in [0.5, 0.6) is 0 Å². The summed E-state index contributed by atoms with van der Waals surface area (Å²) in [5.41, 5.74) is 3.65. The highest BCUT2D eigenvalue weighted by Crippen LogP contribution is 2.24. The minimum atomic E-state index is -0.345. The summed E-state index contributed by atoms with van der Waals surface area (Å²) < 4.78 is 5.66. The van der Waals surface area contributed by atoms with E-state index in [1.165, 1.54) is 0 Å². The molecule has 0 bridgehead atoms. The van der Waals surface area contributed by atoms with Gasteiger partial charge in [-0.15, -0.1) is 0 Å². The summed E-state index contributed by atoms with van der Waals surface area (Å²) in [5.74, 6) is 1.15. The number of oxazole rings is 1. The van der Waals surface area contributed by atoms with Gasteiger partial charge >= 0.3 is 6.03 Å². The first kappa shape index (κ1) is 23.0. The van der Waals surface area contributed by atoms with E-state index in [4.69, 9.17) is 4.42 Å². The van der Waals surface area contributed by atoms with Gasteiger partial charge in [-0.25, -0.2) is 9.78 Å². The molecule has 0 unspecified atom stereocenters. The van der Waals surface area contributed by atoms with Crippen LogP contribution in [0.15, 0.2) is 52.9 Å². The second-order valence-corrected chi connectivity index (χ2v) is 7.81. The Morgan fingerprint density at radius 1 is 1.03 bits per heavy atom. The molecule has 2 aromatic carbocycles. The summed E-state index contributed by atoms with van der Waals surface area (Å²) in [6.07, 6.45) is 0. The van der Waals surface area contributed by atoms with Gasteiger partial charge in [0.25, 0.3) is 5.91 Å². The minimum Gasteiger partial charge on any atom is -0.441 e. The maximum atomic E-state index is 12.4. The van der Waals surface area contributed by atoms with E-state index in [1.54, 1.807) is 24.3 Å². The Bertz CT molecular complexity index is 1070. The number of aromatic nitrogens is 1. The number of likely N-dealkylation sites (N-methyl/N-ethyl adjacent to an activating group) is 1. The van der Waals surface area contributed by atoms with Crippen molar-refractivity contribution in [1.29, 1.82) is 0 Å². The molecule has 1 heterocycles. The van der Waals surface area contributed by atoms with Crippen molar-refractivity contribution in [3.05, 3.63) is 71.1 Å². The average molecular weight is 436 g/mol. The summed E-state index contributed by atoms with van der Waals surface area (Å²) in [6, 6.07) is 14.2. The molecule has 0 fully saturated rings. The van der Waals surface area contributed by atoms with Crippen LogP contribution in [0.1, 0.15) is 27.4 Å². The molecule has 8 heteroatoms. The number of urea groups is 1. The Kier molecular flexibility index (Phi) is 7.62. The number of carbonyl (C=O) groups excluding carboxylic acids is 2. The number of anilines is 1. The molecule has 168 valence electrons. The minimum absolute atomic E-state index is 0.132. The monoisotopic (exact) mass is 435 g/mol. The smallest absolute Gasteiger partial charge is 0.319 e. The van der Waals surface area contributed by atoms with Gasteiger partial charge in [0.1, 0.15) is 5.76 Å². The van der Waals surface area contributed by atoms with Gasteiger partial charge < -0.3 is 25.3 Å². The van der Waals surface area contributed by atoms with Crippen molar-refractivity contribution in [2.45, 2.75) is 20.4 Å². The standard InChI is InChI=1S/C24H29N5O3/c1-16-17(2)32-23(27-16)20-9-6-10-21(14-20)28-24(31)26-15-18-7-5-8-19(13-18)22(30)25-11-12-29(3)4/h5-10,13-14H,11-12,15H2,1-4H3,(H,25,30)(H2,26,28,31). The summed E-state index contributed by atoms with van der Waals surface area (Å²) in [5, 5.41) is 8.52. The summed E-state index contributed by atoms with van der Waals surface area (Å²) >= 11 is 0. The molecule has 0 saturated carbocycles. The molecule has 3 amide bonds. The number of hydrogen-bond donors (Lipinski definition) is 3. The lowest BCUT2D eigenvalue weighted by atomic mass is 10.1. The van der Waals surface area contributed by atoms with Crippen LogP contribution in [-0.2, 0) is 6.54 Å². The summed E-state index contributed by atoms with van der Waals surface area (Å²) in [7, 11) is 3.91. The van der Waals surface area contributed by atoms with Crippen LogP contribution < -0.4 is 16.0 Å². The van der Waals surface area contributed by atoms with E-state index in [0.29, 0.717) is 30.2 Å². The molecule has 0 spiro atoms. The SMILES string of the molecule is Cc1nc(-c2cccc(NC(=O)NCc3cccc(C(=O)NCCN(C)C)c3)c2)oc1C. The second kappa shape index (κ2) is 10.6. The van der Waals surface area contributed by atoms with E-state index in [9.17, 15) is 9.59 Å². The summed E-state index contributed by atoms with van der Waals surface area (Å²) in [6.45, 7) is 5.39. The zero-order valence-corrected chi connectivity index (χ0v) is 18.9. The molecule has 0 aliphatic carbocycles. The number of rotatable bonds is 8. The van der Waals surface area contributed by atoms with Crippen molar-refractivity contribution in [2.24, 2.45) is 0 Å². The first-order valence-corrected chi connectivity index (χ1v) is 10.4. The number of aryl methyl sites for hydroxylation is 2. The average Bonchev–Trinajstić information content (AvgIpc) is 3.11. The molecule has 8 nitrogen and oxygen atoms in total. The van der Waals surface area contributed by atoms with E-state index >= 15 is 0 Å². The largest absolute Gasteiger partial charge is 0.441 e. The molecule has 3 aromatic rings. The lowest BCUT2D eigenvalue weighted by Crippen LogP contribution is -2.31. The Balaban J connectivity index is 1.55. The maximum absolute atomic E-state index is 12.4. The summed E-state index contributed by atoms with van der Waals surface area (Å²) in [4.78, 5) is 31.1. The highest BCUT2D eigenvalue weighted by molar-refractivity contribution is 5.94. The van der Waals surface area contributed by atoms with Crippen molar-refractivity contribution in [3.8, 4) is 11.5 Å². The Morgan fingerprint density at radius 3 is 2.53 bits per heavy atom. The van der Waals surface area contributed by atoms with Crippen LogP contribution in [0.3, 0.4) is 0 Å². The number of nitrogens with one attached hydrogen (secondary N) is 3. The molecule has 32 heavy (non-hydrogen) atoms. The molecule has 0 aliphatic heterocycles. The highest BCUT2D eigenvalue weighted by atomic mass is 16.4. The van der Waals surface area contributed by atoms with Crippen molar-refractivity contribution < 1.29 is 14.0 Å². The fraction of sp³-hybridized carbons (Fsp3) is 0.292. The van der Waals surface area contributed by atoms with E-state index in [-0.39, 0.29) is 11.9 Å². The first-order chi connectivity index (χ1) is 15.3. The van der Waals surface area contributed by atoms with Gasteiger partial charge in [-0.2, -0.15) is 0 Å². The predicted octanol–water partition coefficient (Wildman–Crippen LogP) is 3.57. The molecule has 3 rings (SSSR count). The lowest BCUT2D eigenvalue weighted by Gasteiger charge is -2.11. The van der Waals surface area contributed by atoms with Gasteiger partial charge in [-0.3, -0.25) is 4.79 Å². The Morgan fingerprint density at radius 2 is 1.81 bits per heavy atom. The number of hydrogen-bond acceptors (Lipinski definition) is 5. The van der Waals surface area contributed by atoms with Gasteiger partial charge in [0.05, 0.1) is 5.69 Å².